The summed E-state index contributed by atoms with van der Waals surface area (Å²) in [4.78, 5) is 22.8. The van der Waals surface area contributed by atoms with Crippen LogP contribution in [0.5, 0.6) is 5.75 Å². The second kappa shape index (κ2) is 3.84. The fraction of sp³-hybridized carbons (Fsp3) is 0. The van der Waals surface area contributed by atoms with Crippen LogP contribution >= 0.6 is 0 Å². The number of hydrogen-bond donors (Lipinski definition) is 2. The second-order valence-corrected chi connectivity index (χ2v) is 4.08. The van der Waals surface area contributed by atoms with E-state index in [1.54, 1.807) is 24.3 Å². The molecule has 0 saturated heterocycles. The molecular weight excluding hydrogens is 248 g/mol. The van der Waals surface area contributed by atoms with Crippen LogP contribution in [-0.4, -0.2) is 16.2 Å². The maximum Gasteiger partial charge on any atom is 0.348 e. The van der Waals surface area contributed by atoms with Gasteiger partial charge in [0.2, 0.25) is 0 Å². The van der Waals surface area contributed by atoms with Crippen molar-refractivity contribution >= 4 is 27.7 Å². The molecule has 0 amide bonds. The first-order valence-electron chi connectivity index (χ1n) is 5.50. The van der Waals surface area contributed by atoms with Crippen LogP contribution in [0, 0.1) is 0 Å². The number of fused-ring (bicyclic) bond motifs is 3. The Morgan fingerprint density at radius 1 is 1.05 bits per heavy atom. The van der Waals surface area contributed by atoms with Crippen LogP contribution in [0.15, 0.2) is 45.6 Å². The van der Waals surface area contributed by atoms with Crippen LogP contribution in [0.25, 0.3) is 21.7 Å². The van der Waals surface area contributed by atoms with Crippen LogP contribution in [0.1, 0.15) is 10.4 Å². The molecule has 0 atom stereocenters. The molecule has 94 valence electrons. The third kappa shape index (κ3) is 1.55. The van der Waals surface area contributed by atoms with Crippen LogP contribution < -0.4 is 5.63 Å². The molecule has 0 saturated carbocycles. The molecule has 0 bridgehead atoms. The van der Waals surface area contributed by atoms with Crippen molar-refractivity contribution < 1.29 is 19.4 Å². The molecule has 0 aliphatic rings. The molecule has 3 aromatic rings. The van der Waals surface area contributed by atoms with Gasteiger partial charge in [0, 0.05) is 10.8 Å². The molecule has 0 aliphatic carbocycles. The average Bonchev–Trinajstić information content (AvgIpc) is 2.38. The number of carboxylic acid groups (broad SMARTS) is 1. The van der Waals surface area contributed by atoms with E-state index >= 15 is 0 Å². The monoisotopic (exact) mass is 256 g/mol. The summed E-state index contributed by atoms with van der Waals surface area (Å²) >= 11 is 0. The predicted molar refractivity (Wildman–Crippen MR) is 68.6 cm³/mol. The van der Waals surface area contributed by atoms with Gasteiger partial charge in [0.1, 0.15) is 22.3 Å². The van der Waals surface area contributed by atoms with Crippen molar-refractivity contribution in [3.63, 3.8) is 0 Å². The van der Waals surface area contributed by atoms with E-state index in [4.69, 9.17) is 9.52 Å². The average molecular weight is 256 g/mol. The first kappa shape index (κ1) is 11.3. The van der Waals surface area contributed by atoms with Gasteiger partial charge in [-0.05, 0) is 12.1 Å². The van der Waals surface area contributed by atoms with E-state index in [2.05, 4.69) is 0 Å². The molecule has 1 aromatic heterocycles. The summed E-state index contributed by atoms with van der Waals surface area (Å²) in [6.07, 6.45) is 0. The van der Waals surface area contributed by atoms with E-state index in [9.17, 15) is 14.7 Å². The van der Waals surface area contributed by atoms with Crippen molar-refractivity contribution in [1.82, 2.24) is 0 Å². The zero-order chi connectivity index (χ0) is 13.6. The molecule has 2 N–H and O–H groups in total. The zero-order valence-corrected chi connectivity index (χ0v) is 9.58. The van der Waals surface area contributed by atoms with Gasteiger partial charge >= 0.3 is 11.6 Å². The molecule has 0 spiro atoms. The molecule has 5 heteroatoms. The van der Waals surface area contributed by atoms with Crippen molar-refractivity contribution in [2.24, 2.45) is 0 Å². The fourth-order valence-electron chi connectivity index (χ4n) is 2.12. The Hall–Kier alpha value is -2.82. The van der Waals surface area contributed by atoms with Crippen molar-refractivity contribution in [2.75, 3.05) is 0 Å². The Morgan fingerprint density at radius 2 is 1.79 bits per heavy atom. The largest absolute Gasteiger partial charge is 0.506 e. The maximum atomic E-state index is 11.9. The summed E-state index contributed by atoms with van der Waals surface area (Å²) in [5.74, 6) is -1.86. The summed E-state index contributed by atoms with van der Waals surface area (Å²) in [6.45, 7) is 0. The number of aromatic hydroxyl groups is 1. The van der Waals surface area contributed by atoms with Crippen LogP contribution in [0.2, 0.25) is 0 Å². The van der Waals surface area contributed by atoms with Gasteiger partial charge in [-0.25, -0.2) is 9.59 Å². The van der Waals surface area contributed by atoms with E-state index in [-0.39, 0.29) is 10.9 Å². The molecular formula is C14H8O5. The van der Waals surface area contributed by atoms with Crippen molar-refractivity contribution in [1.29, 1.82) is 0 Å². The highest BCUT2D eigenvalue weighted by atomic mass is 16.4. The number of rotatable bonds is 1. The van der Waals surface area contributed by atoms with Gasteiger partial charge in [0.05, 0.1) is 0 Å². The second-order valence-electron chi connectivity index (χ2n) is 4.08. The summed E-state index contributed by atoms with van der Waals surface area (Å²) in [7, 11) is 0. The number of carbonyl (C=O) groups is 1. The minimum atomic E-state index is -1.30. The Morgan fingerprint density at radius 3 is 2.53 bits per heavy atom. The lowest BCUT2D eigenvalue weighted by atomic mass is 10.0. The lowest BCUT2D eigenvalue weighted by molar-refractivity contribution is 0.0694. The zero-order valence-electron chi connectivity index (χ0n) is 9.58. The van der Waals surface area contributed by atoms with E-state index < -0.39 is 17.3 Å². The summed E-state index contributed by atoms with van der Waals surface area (Å²) < 4.78 is 5.08. The molecule has 0 radical (unpaired) electrons. The van der Waals surface area contributed by atoms with E-state index in [1.165, 1.54) is 12.1 Å². The van der Waals surface area contributed by atoms with E-state index in [0.29, 0.717) is 16.4 Å². The lowest BCUT2D eigenvalue weighted by Gasteiger charge is -2.06. The third-order valence-corrected chi connectivity index (χ3v) is 2.99. The van der Waals surface area contributed by atoms with Gasteiger partial charge in [-0.2, -0.15) is 0 Å². The normalized spacial score (nSPS) is 10.9. The van der Waals surface area contributed by atoms with Gasteiger partial charge in [0.15, 0.2) is 0 Å². The van der Waals surface area contributed by atoms with Crippen molar-refractivity contribution in [3.8, 4) is 5.75 Å². The number of aromatic carboxylic acids is 1. The molecule has 3 rings (SSSR count). The molecule has 0 aliphatic heterocycles. The first-order valence-corrected chi connectivity index (χ1v) is 5.50. The Labute approximate surface area is 106 Å². The molecule has 2 aromatic carbocycles. The van der Waals surface area contributed by atoms with Crippen molar-refractivity contribution in [3.05, 3.63) is 52.4 Å². The Balaban J connectivity index is 2.59. The number of phenols is 1. The Bertz CT molecular complexity index is 876. The molecule has 0 fully saturated rings. The van der Waals surface area contributed by atoms with Gasteiger partial charge in [-0.3, -0.25) is 0 Å². The van der Waals surface area contributed by atoms with Crippen LogP contribution in [0.3, 0.4) is 0 Å². The smallest absolute Gasteiger partial charge is 0.348 e. The molecule has 19 heavy (non-hydrogen) atoms. The predicted octanol–water partition coefficient (Wildman–Crippen LogP) is 2.35. The first-order chi connectivity index (χ1) is 9.09. The van der Waals surface area contributed by atoms with Crippen LogP contribution in [0.4, 0.5) is 0 Å². The molecule has 0 unspecified atom stereocenters. The van der Waals surface area contributed by atoms with Gasteiger partial charge < -0.3 is 14.6 Å². The highest BCUT2D eigenvalue weighted by Gasteiger charge is 2.17. The topological polar surface area (TPSA) is 87.7 Å². The maximum absolute atomic E-state index is 11.9. The standard InChI is InChI=1S/C14H8O5/c15-12-9(13(16)17)6-5-8-7-3-1-2-4-10(7)19-14(18)11(8)12/h1-6,15H,(H,16,17). The SMILES string of the molecule is O=C(O)c1ccc2c(c1O)c(=O)oc1ccccc12. The highest BCUT2D eigenvalue weighted by Crippen LogP contribution is 2.30. The Kier molecular flexibility index (Phi) is 2.28. The summed E-state index contributed by atoms with van der Waals surface area (Å²) in [5, 5.41) is 19.9. The lowest BCUT2D eigenvalue weighted by Crippen LogP contribution is -2.04. The number of benzene rings is 2. The van der Waals surface area contributed by atoms with Gasteiger partial charge in [-0.1, -0.05) is 24.3 Å². The minimum Gasteiger partial charge on any atom is -0.506 e. The number of hydrogen-bond acceptors (Lipinski definition) is 4. The fourth-order valence-corrected chi connectivity index (χ4v) is 2.12. The van der Waals surface area contributed by atoms with Crippen LogP contribution in [-0.2, 0) is 0 Å². The molecule has 5 nitrogen and oxygen atoms in total. The number of para-hydroxylation sites is 1. The minimum absolute atomic E-state index is 0.112. The highest BCUT2D eigenvalue weighted by molar-refractivity contribution is 6.09. The number of carboxylic acids is 1. The van der Waals surface area contributed by atoms with Gasteiger partial charge in [-0.15, -0.1) is 0 Å². The summed E-state index contributed by atoms with van der Waals surface area (Å²) in [5.41, 5.74) is -0.688. The quantitative estimate of drug-likeness (QED) is 0.515. The van der Waals surface area contributed by atoms with E-state index in [1.807, 2.05) is 0 Å². The summed E-state index contributed by atoms with van der Waals surface area (Å²) in [6, 6.07) is 9.63. The third-order valence-electron chi connectivity index (χ3n) is 2.99. The van der Waals surface area contributed by atoms with Crippen molar-refractivity contribution in [2.45, 2.75) is 0 Å². The van der Waals surface area contributed by atoms with E-state index in [0.717, 1.165) is 0 Å². The molecule has 1 heterocycles. The van der Waals surface area contributed by atoms with Gasteiger partial charge in [0.25, 0.3) is 0 Å².